The van der Waals surface area contributed by atoms with E-state index in [2.05, 4.69) is 34.5 Å². The molecule has 24 heavy (non-hydrogen) atoms. The summed E-state index contributed by atoms with van der Waals surface area (Å²) in [6.45, 7) is 0. The molecule has 3 rings (SSSR count). The molecule has 2 saturated heterocycles. The van der Waals surface area contributed by atoms with Gasteiger partial charge in [-0.2, -0.15) is 0 Å². The molecule has 0 spiro atoms. The molecule has 0 aliphatic carbocycles. The molecule has 2 N–H and O–H groups in total. The van der Waals surface area contributed by atoms with Gasteiger partial charge in [-0.25, -0.2) is 0 Å². The molecule has 0 radical (unpaired) electrons. The Bertz CT molecular complexity index is 578. The van der Waals surface area contributed by atoms with E-state index in [4.69, 9.17) is 0 Å². The fraction of sp³-hybridized carbons (Fsp3) is 0.556. The summed E-state index contributed by atoms with van der Waals surface area (Å²) in [7, 11) is 2.15. The van der Waals surface area contributed by atoms with Crippen LogP contribution in [0.2, 0.25) is 0 Å². The molecular weight excluding hydrogens is 421 g/mol. The highest BCUT2D eigenvalue weighted by atomic mass is 127. The lowest BCUT2D eigenvalue weighted by Crippen LogP contribution is -2.39. The van der Waals surface area contributed by atoms with E-state index >= 15 is 0 Å². The fourth-order valence-electron chi connectivity index (χ4n) is 4.18. The van der Waals surface area contributed by atoms with E-state index in [-0.39, 0.29) is 5.92 Å². The predicted molar refractivity (Wildman–Crippen MR) is 101 cm³/mol. The second-order valence-electron chi connectivity index (χ2n) is 6.46. The third-order valence-electron chi connectivity index (χ3n) is 5.34. The summed E-state index contributed by atoms with van der Waals surface area (Å²) in [4.78, 5) is 27.2. The second kappa shape index (κ2) is 8.29. The van der Waals surface area contributed by atoms with E-state index in [9.17, 15) is 19.8 Å². The van der Waals surface area contributed by atoms with Gasteiger partial charge >= 0.3 is 11.9 Å². The Labute approximate surface area is 156 Å². The zero-order valence-corrected chi connectivity index (χ0v) is 16.1. The predicted octanol–water partition coefficient (Wildman–Crippen LogP) is 3.33. The summed E-state index contributed by atoms with van der Waals surface area (Å²) < 4.78 is 0. The van der Waals surface area contributed by atoms with Crippen LogP contribution in [-0.4, -0.2) is 51.1 Å². The van der Waals surface area contributed by atoms with Crippen molar-refractivity contribution >= 4 is 34.5 Å². The topological polar surface area (TPSA) is 77.8 Å². The summed E-state index contributed by atoms with van der Waals surface area (Å²) in [5.74, 6) is -3.81. The number of alkyl halides is 1. The van der Waals surface area contributed by atoms with Gasteiger partial charge in [-0.1, -0.05) is 46.9 Å². The van der Waals surface area contributed by atoms with Crippen LogP contribution >= 0.6 is 22.6 Å². The van der Waals surface area contributed by atoms with Gasteiger partial charge in [0.05, 0.1) is 0 Å². The number of rotatable bonds is 4. The maximum Gasteiger partial charge on any atom is 0.322 e. The Morgan fingerprint density at radius 2 is 1.58 bits per heavy atom. The molecule has 2 heterocycles. The maximum atomic E-state index is 11.4. The summed E-state index contributed by atoms with van der Waals surface area (Å²) in [5, 5.41) is 18.6. The normalized spacial score (nSPS) is 25.9. The van der Waals surface area contributed by atoms with E-state index in [0.717, 1.165) is 18.4 Å². The first-order valence-electron chi connectivity index (χ1n) is 8.13. The van der Waals surface area contributed by atoms with E-state index < -0.39 is 17.9 Å². The van der Waals surface area contributed by atoms with Crippen LogP contribution in [-0.2, 0) is 9.59 Å². The summed E-state index contributed by atoms with van der Waals surface area (Å²) >= 11 is 2.15. The molecule has 2 aliphatic rings. The zero-order chi connectivity index (χ0) is 17.9. The highest BCUT2D eigenvalue weighted by molar-refractivity contribution is 14.1. The second-order valence-corrected chi connectivity index (χ2v) is 6.46. The lowest BCUT2D eigenvalue weighted by atomic mass is 9.80. The van der Waals surface area contributed by atoms with Crippen molar-refractivity contribution in [2.45, 2.75) is 49.6 Å². The van der Waals surface area contributed by atoms with Crippen LogP contribution < -0.4 is 0 Å². The van der Waals surface area contributed by atoms with Crippen LogP contribution in [0.15, 0.2) is 24.3 Å². The number of carbonyl (C=O) groups is 2. The van der Waals surface area contributed by atoms with Crippen molar-refractivity contribution < 1.29 is 19.8 Å². The Morgan fingerprint density at radius 1 is 1.08 bits per heavy atom. The first-order chi connectivity index (χ1) is 11.5. The Morgan fingerprint density at radius 3 is 2.08 bits per heavy atom. The number of fused-ring (bicyclic) bond motifs is 2. The fourth-order valence-corrected chi connectivity index (χ4v) is 4.18. The standard InChI is InChI=1S/C17H21NO4.CH3I/c1-18-11-6-7-12(18)9-10(8-11)13-4-2-3-5-14(13)15(16(19)20)17(21)22;1-2/h2-5,10-12,15H,6-9H2,1H3,(H,19,20)(H,21,22);1H3. The van der Waals surface area contributed by atoms with Crippen molar-refractivity contribution in [2.24, 2.45) is 0 Å². The molecule has 6 heteroatoms. The van der Waals surface area contributed by atoms with Gasteiger partial charge in [-0.05, 0) is 54.7 Å². The SMILES string of the molecule is CI.CN1C2CCC1CC(c1ccccc1C(C(=O)O)C(=O)O)C2. The average molecular weight is 445 g/mol. The Kier molecular flexibility index (Phi) is 6.62. The van der Waals surface area contributed by atoms with E-state index in [0.29, 0.717) is 17.6 Å². The van der Waals surface area contributed by atoms with Gasteiger partial charge in [0.2, 0.25) is 0 Å². The van der Waals surface area contributed by atoms with Crippen LogP contribution in [0.25, 0.3) is 0 Å². The first-order valence-corrected chi connectivity index (χ1v) is 10.3. The van der Waals surface area contributed by atoms with Crippen LogP contribution in [0.3, 0.4) is 0 Å². The molecule has 2 atom stereocenters. The summed E-state index contributed by atoms with van der Waals surface area (Å²) in [5.41, 5.74) is 1.35. The van der Waals surface area contributed by atoms with Crippen molar-refractivity contribution in [3.63, 3.8) is 0 Å². The van der Waals surface area contributed by atoms with Gasteiger partial charge in [0.15, 0.2) is 5.92 Å². The van der Waals surface area contributed by atoms with Crippen molar-refractivity contribution in [3.05, 3.63) is 35.4 Å². The molecule has 1 aromatic rings. The summed E-state index contributed by atoms with van der Waals surface area (Å²) in [6.07, 6.45) is 4.33. The minimum atomic E-state index is -1.48. The minimum Gasteiger partial charge on any atom is -0.480 e. The van der Waals surface area contributed by atoms with Gasteiger partial charge in [0.1, 0.15) is 0 Å². The highest BCUT2D eigenvalue weighted by Gasteiger charge is 2.40. The van der Waals surface area contributed by atoms with Crippen LogP contribution in [0, 0.1) is 0 Å². The Hall–Kier alpha value is -1.15. The third kappa shape index (κ3) is 3.74. The molecule has 132 valence electrons. The molecule has 5 nitrogen and oxygen atoms in total. The smallest absolute Gasteiger partial charge is 0.322 e. The van der Waals surface area contributed by atoms with Crippen molar-refractivity contribution in [3.8, 4) is 0 Å². The number of hydrogen-bond acceptors (Lipinski definition) is 3. The minimum absolute atomic E-state index is 0.256. The molecule has 2 aliphatic heterocycles. The molecule has 2 fully saturated rings. The van der Waals surface area contributed by atoms with E-state index in [1.54, 1.807) is 12.1 Å². The van der Waals surface area contributed by atoms with Gasteiger partial charge < -0.3 is 15.1 Å². The van der Waals surface area contributed by atoms with Gasteiger partial charge in [-0.15, -0.1) is 0 Å². The number of halogens is 1. The molecule has 2 unspecified atom stereocenters. The van der Waals surface area contributed by atoms with Crippen LogP contribution in [0.1, 0.15) is 48.6 Å². The summed E-state index contributed by atoms with van der Waals surface area (Å²) in [6, 6.07) is 8.22. The van der Waals surface area contributed by atoms with Crippen molar-refractivity contribution in [2.75, 3.05) is 12.0 Å². The van der Waals surface area contributed by atoms with E-state index in [1.165, 1.54) is 12.8 Å². The zero-order valence-electron chi connectivity index (χ0n) is 14.0. The number of piperidine rings is 1. The molecule has 2 bridgehead atoms. The maximum absolute atomic E-state index is 11.4. The molecule has 0 aromatic heterocycles. The van der Waals surface area contributed by atoms with Crippen molar-refractivity contribution in [1.82, 2.24) is 4.90 Å². The number of benzene rings is 1. The Balaban J connectivity index is 0.00000100. The third-order valence-corrected chi connectivity index (χ3v) is 5.34. The monoisotopic (exact) mass is 445 g/mol. The molecule has 0 saturated carbocycles. The van der Waals surface area contributed by atoms with Gasteiger partial charge in [0.25, 0.3) is 0 Å². The molecule has 1 aromatic carbocycles. The first kappa shape index (κ1) is 19.2. The number of hydrogen-bond donors (Lipinski definition) is 2. The number of nitrogens with zero attached hydrogens (tertiary/aromatic N) is 1. The van der Waals surface area contributed by atoms with Crippen LogP contribution in [0.4, 0.5) is 0 Å². The van der Waals surface area contributed by atoms with Gasteiger partial charge in [0, 0.05) is 12.1 Å². The van der Waals surface area contributed by atoms with E-state index in [1.807, 2.05) is 17.1 Å². The molecule has 0 amide bonds. The lowest BCUT2D eigenvalue weighted by Gasteiger charge is -2.37. The molecular formula is C18H24INO4. The number of carboxylic acids is 2. The number of aliphatic carboxylic acids is 2. The van der Waals surface area contributed by atoms with Gasteiger partial charge in [-0.3, -0.25) is 9.59 Å². The van der Waals surface area contributed by atoms with Crippen LogP contribution in [0.5, 0.6) is 0 Å². The highest BCUT2D eigenvalue weighted by Crippen LogP contribution is 2.43. The number of carboxylic acid groups (broad SMARTS) is 2. The average Bonchev–Trinajstić information content (AvgIpc) is 2.77. The largest absolute Gasteiger partial charge is 0.480 e. The van der Waals surface area contributed by atoms with Crippen molar-refractivity contribution in [1.29, 1.82) is 0 Å². The quantitative estimate of drug-likeness (QED) is 0.423. The lowest BCUT2D eigenvalue weighted by molar-refractivity contribution is -0.150.